The van der Waals surface area contributed by atoms with Gasteiger partial charge in [-0.3, -0.25) is 4.79 Å². The van der Waals surface area contributed by atoms with E-state index in [0.717, 1.165) is 56.3 Å². The Morgan fingerprint density at radius 2 is 1.84 bits per heavy atom. The largest absolute Gasteiger partial charge is 0.328 e. The summed E-state index contributed by atoms with van der Waals surface area (Å²) in [5.74, 6) is 0.0992. The van der Waals surface area contributed by atoms with Gasteiger partial charge < -0.3 is 4.57 Å². The highest BCUT2D eigenvalue weighted by Crippen LogP contribution is 2.35. The van der Waals surface area contributed by atoms with Crippen molar-refractivity contribution < 1.29 is 4.79 Å². The van der Waals surface area contributed by atoms with Crippen LogP contribution in [0.3, 0.4) is 0 Å². The van der Waals surface area contributed by atoms with Gasteiger partial charge in [0.1, 0.15) is 11.2 Å². The molecule has 0 unspecified atom stereocenters. The molecule has 3 aromatic heterocycles. The van der Waals surface area contributed by atoms with Crippen LogP contribution in [0, 0.1) is 20.8 Å². The van der Waals surface area contributed by atoms with Gasteiger partial charge in [-0.25, -0.2) is 9.97 Å². The number of hydrogen-bond donors (Lipinski definition) is 0. The average molecular weight is 356 g/mol. The van der Waals surface area contributed by atoms with Crippen LogP contribution in [0.15, 0.2) is 12.3 Å². The molecule has 0 aromatic carbocycles. The van der Waals surface area contributed by atoms with Crippen LogP contribution < -0.4 is 0 Å². The van der Waals surface area contributed by atoms with E-state index in [-0.39, 0.29) is 5.78 Å². The fraction of sp³-hybridized carbons (Fsp3) is 0.450. The smallest absolute Gasteiger partial charge is 0.169 e. The summed E-state index contributed by atoms with van der Waals surface area (Å²) in [6, 6.07) is 2.40. The van der Waals surface area contributed by atoms with Crippen LogP contribution in [0.25, 0.3) is 21.7 Å². The number of carbonyl (C=O) groups is 1. The van der Waals surface area contributed by atoms with Gasteiger partial charge in [0.2, 0.25) is 0 Å². The van der Waals surface area contributed by atoms with Crippen LogP contribution in [-0.2, 0) is 0 Å². The summed E-state index contributed by atoms with van der Waals surface area (Å²) in [5.41, 5.74) is 5.98. The molecule has 0 amide bonds. The fourth-order valence-corrected chi connectivity index (χ4v) is 4.46. The first-order valence-corrected chi connectivity index (χ1v) is 9.66. The van der Waals surface area contributed by atoms with E-state index < -0.39 is 0 Å². The monoisotopic (exact) mass is 355 g/mol. The van der Waals surface area contributed by atoms with Gasteiger partial charge in [-0.15, -0.1) is 11.3 Å². The molecule has 0 spiro atoms. The van der Waals surface area contributed by atoms with Crippen LogP contribution in [0.1, 0.15) is 66.1 Å². The van der Waals surface area contributed by atoms with Gasteiger partial charge >= 0.3 is 0 Å². The second-order valence-electron chi connectivity index (χ2n) is 6.70. The third-order valence-corrected chi connectivity index (χ3v) is 6.16. The number of thiophene rings is 1. The van der Waals surface area contributed by atoms with Crippen molar-refractivity contribution in [2.24, 2.45) is 0 Å². The van der Waals surface area contributed by atoms with Gasteiger partial charge in [0, 0.05) is 12.2 Å². The lowest BCUT2D eigenvalue weighted by molar-refractivity contribution is 0.102. The molecule has 0 saturated heterocycles. The predicted molar refractivity (Wildman–Crippen MR) is 105 cm³/mol. The van der Waals surface area contributed by atoms with Gasteiger partial charge in [0.15, 0.2) is 11.4 Å². The maximum absolute atomic E-state index is 11.7. The molecular formula is C20H25N3OS. The molecule has 0 aliphatic carbocycles. The molecule has 0 atom stereocenters. The van der Waals surface area contributed by atoms with E-state index in [9.17, 15) is 4.79 Å². The summed E-state index contributed by atoms with van der Waals surface area (Å²) >= 11 is 1.51. The van der Waals surface area contributed by atoms with E-state index in [1.807, 2.05) is 19.9 Å². The molecule has 5 heteroatoms. The number of carbonyl (C=O) groups excluding carboxylic acids is 1. The zero-order valence-corrected chi connectivity index (χ0v) is 16.6. The van der Waals surface area contributed by atoms with Crippen molar-refractivity contribution in [2.45, 2.75) is 60.4 Å². The number of rotatable bonds is 5. The first-order chi connectivity index (χ1) is 11.9. The highest BCUT2D eigenvalue weighted by atomic mass is 32.1. The van der Waals surface area contributed by atoms with E-state index in [4.69, 9.17) is 9.97 Å². The van der Waals surface area contributed by atoms with Gasteiger partial charge in [-0.2, -0.15) is 0 Å². The molecule has 3 heterocycles. The summed E-state index contributed by atoms with van der Waals surface area (Å²) in [6.45, 7) is 12.2. The molecule has 0 N–H and O–H groups in total. The fourth-order valence-electron chi connectivity index (χ4n) is 3.35. The molecule has 0 aliphatic heterocycles. The Morgan fingerprint density at radius 3 is 2.40 bits per heavy atom. The lowest BCUT2D eigenvalue weighted by Gasteiger charge is -2.16. The minimum atomic E-state index is 0.0992. The zero-order valence-electron chi connectivity index (χ0n) is 15.8. The van der Waals surface area contributed by atoms with E-state index in [0.29, 0.717) is 6.04 Å². The SMILES string of the molecule is CCC(CC)n1cc(C)c2nc(-c3sc(C(C)=O)cc3C)c(C)nc21. The van der Waals surface area contributed by atoms with Crippen molar-refractivity contribution in [3.05, 3.63) is 34.0 Å². The Labute approximate surface area is 152 Å². The molecule has 4 nitrogen and oxygen atoms in total. The Kier molecular flexibility index (Phi) is 4.78. The summed E-state index contributed by atoms with van der Waals surface area (Å²) < 4.78 is 2.27. The molecular weight excluding hydrogens is 330 g/mol. The Balaban J connectivity index is 2.21. The molecule has 0 radical (unpaired) electrons. The number of Topliss-reactive ketones (excluding diaryl/α,β-unsaturated/α-hetero) is 1. The Hall–Kier alpha value is -2.01. The molecule has 0 fully saturated rings. The summed E-state index contributed by atoms with van der Waals surface area (Å²) in [4.78, 5) is 23.4. The van der Waals surface area contributed by atoms with E-state index in [1.165, 1.54) is 11.3 Å². The number of aryl methyl sites for hydroxylation is 3. The van der Waals surface area contributed by atoms with Crippen LogP contribution in [-0.4, -0.2) is 20.3 Å². The minimum Gasteiger partial charge on any atom is -0.328 e. The third kappa shape index (κ3) is 3.01. The summed E-state index contributed by atoms with van der Waals surface area (Å²) in [6.07, 6.45) is 4.33. The Bertz CT molecular complexity index is 948. The van der Waals surface area contributed by atoms with E-state index in [1.54, 1.807) is 6.92 Å². The topological polar surface area (TPSA) is 47.8 Å². The van der Waals surface area contributed by atoms with Crippen molar-refractivity contribution >= 4 is 28.3 Å². The van der Waals surface area contributed by atoms with Crippen LogP contribution >= 0.6 is 11.3 Å². The molecule has 25 heavy (non-hydrogen) atoms. The van der Waals surface area contributed by atoms with E-state index >= 15 is 0 Å². The highest BCUT2D eigenvalue weighted by Gasteiger charge is 2.19. The van der Waals surface area contributed by atoms with Gasteiger partial charge in [-0.1, -0.05) is 13.8 Å². The number of hydrogen-bond acceptors (Lipinski definition) is 4. The first-order valence-electron chi connectivity index (χ1n) is 8.84. The number of fused-ring (bicyclic) bond motifs is 1. The molecule has 132 valence electrons. The summed E-state index contributed by atoms with van der Waals surface area (Å²) in [5, 5.41) is 0. The molecule has 0 saturated carbocycles. The van der Waals surface area contributed by atoms with Crippen LogP contribution in [0.4, 0.5) is 0 Å². The van der Waals surface area contributed by atoms with Crippen molar-refractivity contribution in [1.29, 1.82) is 0 Å². The number of aromatic nitrogens is 3. The summed E-state index contributed by atoms with van der Waals surface area (Å²) in [7, 11) is 0. The standard InChI is InChI=1S/C20H25N3OS/c1-7-15(8-2)23-10-12(4)17-20(23)21-13(5)18(22-17)19-11(3)9-16(25-19)14(6)24/h9-10,15H,7-8H2,1-6H3. The van der Waals surface area contributed by atoms with Gasteiger partial charge in [0.25, 0.3) is 0 Å². The van der Waals surface area contributed by atoms with Crippen molar-refractivity contribution in [3.63, 3.8) is 0 Å². The van der Waals surface area contributed by atoms with Crippen LogP contribution in [0.2, 0.25) is 0 Å². The van der Waals surface area contributed by atoms with Crippen molar-refractivity contribution in [3.8, 4) is 10.6 Å². The third-order valence-electron chi connectivity index (χ3n) is 4.82. The molecule has 3 aromatic rings. The van der Waals surface area contributed by atoms with Crippen LogP contribution in [0.5, 0.6) is 0 Å². The molecule has 3 rings (SSSR count). The maximum atomic E-state index is 11.7. The predicted octanol–water partition coefficient (Wildman–Crippen LogP) is 5.65. The second-order valence-corrected chi connectivity index (χ2v) is 7.75. The maximum Gasteiger partial charge on any atom is 0.169 e. The number of ketones is 1. The van der Waals surface area contributed by atoms with Gasteiger partial charge in [-0.05, 0) is 57.7 Å². The number of nitrogens with zero attached hydrogens (tertiary/aromatic N) is 3. The van der Waals surface area contributed by atoms with E-state index in [2.05, 4.69) is 31.5 Å². The first kappa shape index (κ1) is 17.8. The van der Waals surface area contributed by atoms with Gasteiger partial charge in [0.05, 0.1) is 15.4 Å². The lowest BCUT2D eigenvalue weighted by atomic mass is 10.1. The second kappa shape index (κ2) is 6.71. The lowest BCUT2D eigenvalue weighted by Crippen LogP contribution is -2.07. The normalized spacial score (nSPS) is 11.6. The molecule has 0 bridgehead atoms. The molecule has 0 aliphatic rings. The quantitative estimate of drug-likeness (QED) is 0.556. The van der Waals surface area contributed by atoms with Crippen molar-refractivity contribution in [2.75, 3.05) is 0 Å². The zero-order chi connectivity index (χ0) is 18.3. The Morgan fingerprint density at radius 1 is 1.16 bits per heavy atom. The average Bonchev–Trinajstić information content (AvgIpc) is 3.09. The highest BCUT2D eigenvalue weighted by molar-refractivity contribution is 7.17. The van der Waals surface area contributed by atoms with Crippen molar-refractivity contribution in [1.82, 2.24) is 14.5 Å². The minimum absolute atomic E-state index is 0.0992.